The van der Waals surface area contributed by atoms with Crippen LogP contribution in [0.1, 0.15) is 30.9 Å². The van der Waals surface area contributed by atoms with Gasteiger partial charge in [0.25, 0.3) is 0 Å². The van der Waals surface area contributed by atoms with E-state index in [0.717, 1.165) is 12.8 Å². The molecule has 3 atom stereocenters. The lowest BCUT2D eigenvalue weighted by molar-refractivity contribution is -0.151. The number of benzene rings is 1. The maximum absolute atomic E-state index is 12.8. The van der Waals surface area contributed by atoms with E-state index in [2.05, 4.69) is 0 Å². The molecule has 1 saturated heterocycles. The summed E-state index contributed by atoms with van der Waals surface area (Å²) >= 11 is 0. The smallest absolute Gasteiger partial charge is 0.326 e. The summed E-state index contributed by atoms with van der Waals surface area (Å²) in [5, 5.41) is 9.59. The van der Waals surface area contributed by atoms with Crippen molar-refractivity contribution in [3.8, 4) is 5.75 Å². The molecule has 134 valence electrons. The van der Waals surface area contributed by atoms with Crippen molar-refractivity contribution in [3.63, 3.8) is 0 Å². The predicted molar refractivity (Wildman–Crippen MR) is 86.9 cm³/mol. The van der Waals surface area contributed by atoms with Crippen LogP contribution >= 0.6 is 0 Å². The van der Waals surface area contributed by atoms with E-state index in [4.69, 9.17) is 9.47 Å². The molecule has 3 unspecified atom stereocenters. The van der Waals surface area contributed by atoms with Crippen molar-refractivity contribution in [2.75, 3.05) is 14.2 Å². The summed E-state index contributed by atoms with van der Waals surface area (Å²) in [7, 11) is 2.82. The van der Waals surface area contributed by atoms with Crippen molar-refractivity contribution < 1.29 is 29.0 Å². The van der Waals surface area contributed by atoms with Gasteiger partial charge < -0.3 is 19.5 Å². The molecular weight excluding hydrogens is 326 g/mol. The van der Waals surface area contributed by atoms with Gasteiger partial charge in [-0.25, -0.2) is 4.79 Å². The van der Waals surface area contributed by atoms with Crippen LogP contribution in [-0.4, -0.2) is 48.1 Å². The Balaban J connectivity index is 2.02. The Bertz CT molecular complexity index is 681. The van der Waals surface area contributed by atoms with Crippen LogP contribution in [0.3, 0.4) is 0 Å². The standard InChI is InChI=1S/C18H21NO6/c1-24-12-7-5-10(6-8-12)15-13(18(23)25-2)9-14(17(21)22)19(15)16(20)11-3-4-11/h5-8,11,13-15H,3-4,9H2,1-2H3,(H,21,22). The van der Waals surface area contributed by atoms with Crippen LogP contribution in [0.15, 0.2) is 24.3 Å². The van der Waals surface area contributed by atoms with Crippen LogP contribution in [0.25, 0.3) is 0 Å². The predicted octanol–water partition coefficient (Wildman–Crippen LogP) is 1.62. The second-order valence-corrected chi connectivity index (χ2v) is 6.46. The number of esters is 1. The quantitative estimate of drug-likeness (QED) is 0.814. The first-order valence-corrected chi connectivity index (χ1v) is 8.24. The first-order valence-electron chi connectivity index (χ1n) is 8.24. The number of hydrogen-bond acceptors (Lipinski definition) is 5. The third-order valence-corrected chi connectivity index (χ3v) is 4.92. The van der Waals surface area contributed by atoms with E-state index in [1.165, 1.54) is 12.0 Å². The average molecular weight is 347 g/mol. The zero-order chi connectivity index (χ0) is 18.1. The Morgan fingerprint density at radius 3 is 2.24 bits per heavy atom. The number of nitrogens with zero attached hydrogens (tertiary/aromatic N) is 1. The van der Waals surface area contributed by atoms with Crippen molar-refractivity contribution in [3.05, 3.63) is 29.8 Å². The summed E-state index contributed by atoms with van der Waals surface area (Å²) in [6.07, 6.45) is 1.58. The van der Waals surface area contributed by atoms with Crippen molar-refractivity contribution in [2.24, 2.45) is 11.8 Å². The SMILES string of the molecule is COC(=O)C1CC(C(=O)O)N(C(=O)C2CC2)C1c1ccc(OC)cc1. The van der Waals surface area contributed by atoms with E-state index >= 15 is 0 Å². The Morgan fingerprint density at radius 2 is 1.76 bits per heavy atom. The zero-order valence-electron chi connectivity index (χ0n) is 14.2. The topological polar surface area (TPSA) is 93.1 Å². The van der Waals surface area contributed by atoms with Gasteiger partial charge in [0.15, 0.2) is 0 Å². The highest BCUT2D eigenvalue weighted by atomic mass is 16.5. The van der Waals surface area contributed by atoms with Gasteiger partial charge in [0.2, 0.25) is 5.91 Å². The molecule has 2 aliphatic rings. The van der Waals surface area contributed by atoms with E-state index < -0.39 is 29.9 Å². The number of hydrogen-bond donors (Lipinski definition) is 1. The number of methoxy groups -OCH3 is 2. The number of rotatable bonds is 5. The Labute approximate surface area is 145 Å². The van der Waals surface area contributed by atoms with Gasteiger partial charge >= 0.3 is 11.9 Å². The molecule has 1 heterocycles. The van der Waals surface area contributed by atoms with E-state index in [-0.39, 0.29) is 18.2 Å². The lowest BCUT2D eigenvalue weighted by atomic mass is 9.93. The average Bonchev–Trinajstić information content (AvgIpc) is 3.39. The number of likely N-dealkylation sites (tertiary alicyclic amines) is 1. The summed E-state index contributed by atoms with van der Waals surface area (Å²) in [5.74, 6) is -2.00. The van der Waals surface area contributed by atoms with Gasteiger partial charge in [-0.3, -0.25) is 9.59 Å². The molecule has 0 spiro atoms. The van der Waals surface area contributed by atoms with E-state index in [0.29, 0.717) is 11.3 Å². The number of ether oxygens (including phenoxy) is 2. The van der Waals surface area contributed by atoms with Gasteiger partial charge in [-0.2, -0.15) is 0 Å². The Hall–Kier alpha value is -2.57. The molecule has 0 aromatic heterocycles. The molecule has 1 aromatic rings. The molecule has 3 rings (SSSR count). The normalized spacial score (nSPS) is 25.5. The summed E-state index contributed by atoms with van der Waals surface area (Å²) < 4.78 is 10.0. The van der Waals surface area contributed by atoms with Crippen LogP contribution in [0, 0.1) is 11.8 Å². The maximum atomic E-state index is 12.8. The molecular formula is C18H21NO6. The summed E-state index contributed by atoms with van der Waals surface area (Å²) in [6, 6.07) is 5.32. The van der Waals surface area contributed by atoms with Crippen LogP contribution < -0.4 is 4.74 Å². The van der Waals surface area contributed by atoms with Gasteiger partial charge in [-0.1, -0.05) is 12.1 Å². The molecule has 2 fully saturated rings. The molecule has 0 radical (unpaired) electrons. The van der Waals surface area contributed by atoms with Crippen molar-refractivity contribution in [1.29, 1.82) is 0 Å². The monoisotopic (exact) mass is 347 g/mol. The third-order valence-electron chi connectivity index (χ3n) is 4.92. The highest BCUT2D eigenvalue weighted by Crippen LogP contribution is 2.45. The largest absolute Gasteiger partial charge is 0.497 e. The van der Waals surface area contributed by atoms with E-state index in [9.17, 15) is 19.5 Å². The minimum Gasteiger partial charge on any atom is -0.497 e. The lowest BCUT2D eigenvalue weighted by Gasteiger charge is -2.30. The number of aliphatic carboxylic acids is 1. The number of amides is 1. The van der Waals surface area contributed by atoms with Gasteiger partial charge in [0, 0.05) is 5.92 Å². The van der Waals surface area contributed by atoms with Gasteiger partial charge in [0.1, 0.15) is 11.8 Å². The van der Waals surface area contributed by atoms with Crippen LogP contribution in [0.2, 0.25) is 0 Å². The van der Waals surface area contributed by atoms with Gasteiger partial charge in [-0.05, 0) is 37.0 Å². The molecule has 1 saturated carbocycles. The minimum atomic E-state index is -1.10. The molecule has 1 aliphatic heterocycles. The van der Waals surface area contributed by atoms with Crippen molar-refractivity contribution in [1.82, 2.24) is 4.90 Å². The zero-order valence-corrected chi connectivity index (χ0v) is 14.2. The third kappa shape index (κ3) is 3.18. The van der Waals surface area contributed by atoms with Crippen LogP contribution in [0.5, 0.6) is 5.75 Å². The van der Waals surface area contributed by atoms with Crippen molar-refractivity contribution >= 4 is 17.8 Å². The maximum Gasteiger partial charge on any atom is 0.326 e. The first kappa shape index (κ1) is 17.3. The Morgan fingerprint density at radius 1 is 1.12 bits per heavy atom. The molecule has 1 amide bonds. The number of carboxylic acid groups (broad SMARTS) is 1. The Kier molecular flexibility index (Phi) is 4.65. The fourth-order valence-electron chi connectivity index (χ4n) is 3.49. The first-order chi connectivity index (χ1) is 12.0. The summed E-state index contributed by atoms with van der Waals surface area (Å²) in [5.41, 5.74) is 0.703. The highest BCUT2D eigenvalue weighted by molar-refractivity contribution is 5.89. The van der Waals surface area contributed by atoms with Crippen LogP contribution in [-0.2, 0) is 19.1 Å². The van der Waals surface area contributed by atoms with Gasteiger partial charge in [0.05, 0.1) is 26.2 Å². The number of carbonyl (C=O) groups is 3. The molecule has 1 N–H and O–H groups in total. The van der Waals surface area contributed by atoms with Crippen LogP contribution in [0.4, 0.5) is 0 Å². The summed E-state index contributed by atoms with van der Waals surface area (Å²) in [6.45, 7) is 0. The minimum absolute atomic E-state index is 0.0527. The second kappa shape index (κ2) is 6.74. The second-order valence-electron chi connectivity index (χ2n) is 6.46. The van der Waals surface area contributed by atoms with E-state index in [1.54, 1.807) is 31.4 Å². The molecule has 1 aliphatic carbocycles. The molecule has 25 heavy (non-hydrogen) atoms. The lowest BCUT2D eigenvalue weighted by Crippen LogP contribution is -2.43. The van der Waals surface area contributed by atoms with Crippen molar-refractivity contribution in [2.45, 2.75) is 31.3 Å². The molecule has 7 nitrogen and oxygen atoms in total. The number of carboxylic acids is 1. The fourth-order valence-corrected chi connectivity index (χ4v) is 3.49. The fraction of sp³-hybridized carbons (Fsp3) is 0.500. The summed E-state index contributed by atoms with van der Waals surface area (Å²) in [4.78, 5) is 38.1. The number of carbonyl (C=O) groups excluding carboxylic acids is 2. The molecule has 0 bridgehead atoms. The molecule has 1 aromatic carbocycles. The molecule has 7 heteroatoms. The highest BCUT2D eigenvalue weighted by Gasteiger charge is 2.53. The van der Waals surface area contributed by atoms with Gasteiger partial charge in [-0.15, -0.1) is 0 Å². The van der Waals surface area contributed by atoms with E-state index in [1.807, 2.05) is 0 Å².